The third-order valence-electron chi connectivity index (χ3n) is 4.85. The molecular weight excluding hydrogens is 429 g/mol. The standard InChI is InChI=1S/C20H24FN3O6S/c1-3-29-19(26)23-31(28)8-6-14(7-9-31)17-5-4-15(10-18(17)21)24-12-16(30-20(24)27)11-22-13(2)25/h4-6,10,16H,3,7-9,11-12H2,1-2H3,(H,22,25)/t16-,31?/m1/s1. The number of hydrogen-bond acceptors (Lipinski definition) is 6. The van der Waals surface area contributed by atoms with E-state index in [2.05, 4.69) is 9.68 Å². The maximum absolute atomic E-state index is 14.8. The van der Waals surface area contributed by atoms with Gasteiger partial charge in [0, 0.05) is 18.2 Å². The van der Waals surface area contributed by atoms with E-state index in [0.717, 1.165) is 0 Å². The number of hydrogen-bond donors (Lipinski definition) is 1. The van der Waals surface area contributed by atoms with Crippen LogP contribution in [-0.4, -0.2) is 59.6 Å². The molecule has 168 valence electrons. The molecule has 1 fully saturated rings. The van der Waals surface area contributed by atoms with Crippen LogP contribution in [0.4, 0.5) is 19.7 Å². The molecule has 0 bridgehead atoms. The van der Waals surface area contributed by atoms with E-state index in [4.69, 9.17) is 9.47 Å². The van der Waals surface area contributed by atoms with Crippen molar-refractivity contribution in [3.63, 3.8) is 0 Å². The van der Waals surface area contributed by atoms with Gasteiger partial charge in [-0.1, -0.05) is 6.08 Å². The van der Waals surface area contributed by atoms with Crippen LogP contribution in [0.25, 0.3) is 5.57 Å². The molecule has 1 N–H and O–H groups in total. The number of allylic oxidation sites excluding steroid dienone is 1. The Morgan fingerprint density at radius 3 is 2.81 bits per heavy atom. The highest BCUT2D eigenvalue weighted by atomic mass is 32.2. The van der Waals surface area contributed by atoms with Gasteiger partial charge in [-0.15, -0.1) is 4.36 Å². The van der Waals surface area contributed by atoms with E-state index in [1.165, 1.54) is 17.9 Å². The monoisotopic (exact) mass is 453 g/mol. The zero-order valence-electron chi connectivity index (χ0n) is 17.3. The summed E-state index contributed by atoms with van der Waals surface area (Å²) in [6.07, 6.45) is -0.0617. The summed E-state index contributed by atoms with van der Waals surface area (Å²) in [7, 11) is -2.76. The topological polar surface area (TPSA) is 114 Å². The minimum atomic E-state index is -2.76. The first-order valence-corrected chi connectivity index (χ1v) is 11.7. The zero-order chi connectivity index (χ0) is 22.6. The Labute approximate surface area is 179 Å². The number of ether oxygens (including phenoxy) is 2. The van der Waals surface area contributed by atoms with Gasteiger partial charge in [-0.3, -0.25) is 9.69 Å². The average molecular weight is 453 g/mol. The average Bonchev–Trinajstić information content (AvgIpc) is 3.08. The van der Waals surface area contributed by atoms with Gasteiger partial charge in [-0.2, -0.15) is 0 Å². The van der Waals surface area contributed by atoms with E-state index >= 15 is 0 Å². The predicted octanol–water partition coefficient (Wildman–Crippen LogP) is 2.70. The Morgan fingerprint density at radius 2 is 2.19 bits per heavy atom. The van der Waals surface area contributed by atoms with Crippen molar-refractivity contribution in [3.8, 4) is 0 Å². The Morgan fingerprint density at radius 1 is 1.42 bits per heavy atom. The van der Waals surface area contributed by atoms with Crippen molar-refractivity contribution in [1.29, 1.82) is 0 Å². The second kappa shape index (κ2) is 9.46. The molecule has 2 aliphatic rings. The Bertz CT molecular complexity index is 1050. The molecule has 1 unspecified atom stereocenters. The van der Waals surface area contributed by atoms with Crippen LogP contribution in [0.2, 0.25) is 0 Å². The smallest absolute Gasteiger partial charge is 0.441 e. The van der Waals surface area contributed by atoms with Crippen LogP contribution in [0.15, 0.2) is 28.6 Å². The van der Waals surface area contributed by atoms with Crippen molar-refractivity contribution in [3.05, 3.63) is 35.7 Å². The molecule has 9 nitrogen and oxygen atoms in total. The van der Waals surface area contributed by atoms with Crippen LogP contribution >= 0.6 is 0 Å². The molecule has 0 aliphatic carbocycles. The van der Waals surface area contributed by atoms with E-state index < -0.39 is 33.8 Å². The van der Waals surface area contributed by atoms with Gasteiger partial charge < -0.3 is 14.8 Å². The molecular formula is C20H24FN3O6S. The van der Waals surface area contributed by atoms with Crippen molar-refractivity contribution in [1.82, 2.24) is 5.32 Å². The van der Waals surface area contributed by atoms with Gasteiger partial charge in [-0.05, 0) is 37.1 Å². The molecule has 0 radical (unpaired) electrons. The van der Waals surface area contributed by atoms with E-state index in [0.29, 0.717) is 23.2 Å². The van der Waals surface area contributed by atoms with E-state index in [-0.39, 0.29) is 37.1 Å². The van der Waals surface area contributed by atoms with E-state index in [9.17, 15) is 23.0 Å². The van der Waals surface area contributed by atoms with Crippen molar-refractivity contribution < 1.29 is 32.5 Å². The van der Waals surface area contributed by atoms with Gasteiger partial charge in [0.2, 0.25) is 5.91 Å². The largest absolute Gasteiger partial charge is 0.448 e. The normalized spacial score (nSPS) is 23.1. The summed E-state index contributed by atoms with van der Waals surface area (Å²) in [5, 5.41) is 2.58. The minimum Gasteiger partial charge on any atom is -0.448 e. The molecule has 0 aromatic heterocycles. The van der Waals surface area contributed by atoms with Crippen LogP contribution in [0, 0.1) is 5.82 Å². The van der Waals surface area contributed by atoms with Crippen LogP contribution < -0.4 is 10.2 Å². The quantitative estimate of drug-likeness (QED) is 0.733. The molecule has 0 spiro atoms. The molecule has 1 saturated heterocycles. The molecule has 31 heavy (non-hydrogen) atoms. The number of nitrogens with one attached hydrogen (secondary N) is 1. The highest BCUT2D eigenvalue weighted by molar-refractivity contribution is 7.94. The van der Waals surface area contributed by atoms with Crippen molar-refractivity contribution in [2.24, 2.45) is 4.36 Å². The lowest BCUT2D eigenvalue weighted by Crippen LogP contribution is -2.33. The lowest BCUT2D eigenvalue weighted by atomic mass is 10.0. The number of rotatable bonds is 5. The second-order valence-corrected chi connectivity index (χ2v) is 9.60. The number of cyclic esters (lactones) is 1. The first-order chi connectivity index (χ1) is 14.7. The van der Waals surface area contributed by atoms with Gasteiger partial charge in [0.25, 0.3) is 0 Å². The fourth-order valence-corrected chi connectivity index (χ4v) is 4.98. The third-order valence-corrected chi connectivity index (χ3v) is 6.86. The highest BCUT2D eigenvalue weighted by Crippen LogP contribution is 2.30. The van der Waals surface area contributed by atoms with Gasteiger partial charge in [0.05, 0.1) is 40.9 Å². The summed E-state index contributed by atoms with van der Waals surface area (Å²) >= 11 is 0. The number of anilines is 1. The molecule has 11 heteroatoms. The fraction of sp³-hybridized carbons (Fsp3) is 0.450. The Hall–Kier alpha value is -2.95. The lowest BCUT2D eigenvalue weighted by molar-refractivity contribution is -0.119. The molecule has 2 atom stereocenters. The number of benzene rings is 1. The maximum atomic E-state index is 14.8. The third kappa shape index (κ3) is 5.60. The van der Waals surface area contributed by atoms with Crippen LogP contribution in [-0.2, 0) is 24.0 Å². The van der Waals surface area contributed by atoms with Crippen molar-refractivity contribution >= 4 is 39.1 Å². The lowest BCUT2D eigenvalue weighted by Gasteiger charge is -2.19. The van der Waals surface area contributed by atoms with Crippen LogP contribution in [0.3, 0.4) is 0 Å². The Kier molecular flexibility index (Phi) is 6.94. The van der Waals surface area contributed by atoms with E-state index in [1.54, 1.807) is 25.1 Å². The molecule has 2 aliphatic heterocycles. The fourth-order valence-electron chi connectivity index (χ4n) is 3.33. The van der Waals surface area contributed by atoms with E-state index in [1.807, 2.05) is 0 Å². The number of halogens is 1. The summed E-state index contributed by atoms with van der Waals surface area (Å²) in [5.41, 5.74) is 1.34. The molecule has 3 amide bonds. The summed E-state index contributed by atoms with van der Waals surface area (Å²) in [6, 6.07) is 4.41. The first-order valence-electron chi connectivity index (χ1n) is 9.81. The van der Waals surface area contributed by atoms with Crippen LogP contribution in [0.5, 0.6) is 0 Å². The minimum absolute atomic E-state index is 0.0334. The molecule has 2 heterocycles. The summed E-state index contributed by atoms with van der Waals surface area (Å²) in [5.74, 6) is -0.601. The zero-order valence-corrected chi connectivity index (χ0v) is 18.1. The first kappa shape index (κ1) is 22.7. The van der Waals surface area contributed by atoms with Gasteiger partial charge >= 0.3 is 12.2 Å². The SMILES string of the molecule is CCOC(=O)N=S1(=O)CC=C(c2ccc(N3C[C@@H](CNC(C)=O)OC3=O)cc2F)CC1. The number of carbonyl (C=O) groups excluding carboxylic acids is 3. The van der Waals surface area contributed by atoms with Gasteiger partial charge in [0.15, 0.2) is 0 Å². The predicted molar refractivity (Wildman–Crippen MR) is 113 cm³/mol. The highest BCUT2D eigenvalue weighted by Gasteiger charge is 2.33. The Balaban J connectivity index is 1.72. The maximum Gasteiger partial charge on any atom is 0.441 e. The summed E-state index contributed by atoms with van der Waals surface area (Å²) in [4.78, 5) is 35.9. The van der Waals surface area contributed by atoms with Crippen LogP contribution in [0.1, 0.15) is 25.8 Å². The summed E-state index contributed by atoms with van der Waals surface area (Å²) < 4.78 is 41.0. The number of amides is 3. The van der Waals surface area contributed by atoms with Crippen molar-refractivity contribution in [2.45, 2.75) is 26.4 Å². The second-order valence-electron chi connectivity index (χ2n) is 7.13. The molecule has 3 rings (SSSR count). The number of nitrogens with zero attached hydrogens (tertiary/aromatic N) is 2. The van der Waals surface area contributed by atoms with Gasteiger partial charge in [-0.25, -0.2) is 18.2 Å². The number of carbonyl (C=O) groups is 3. The van der Waals surface area contributed by atoms with Crippen molar-refractivity contribution in [2.75, 3.05) is 36.1 Å². The molecule has 1 aromatic carbocycles. The summed E-state index contributed by atoms with van der Waals surface area (Å²) in [6.45, 7) is 3.52. The van der Waals surface area contributed by atoms with Gasteiger partial charge in [0.1, 0.15) is 11.9 Å². The molecule has 0 saturated carbocycles. The molecule has 1 aromatic rings.